The minimum atomic E-state index is -0.128. The van der Waals surface area contributed by atoms with Crippen LogP contribution in [-0.4, -0.2) is 50.6 Å². The molecule has 158 valence electrons. The van der Waals surface area contributed by atoms with E-state index in [1.54, 1.807) is 19.1 Å². The van der Waals surface area contributed by atoms with Gasteiger partial charge in [0, 0.05) is 31.1 Å². The lowest BCUT2D eigenvalue weighted by molar-refractivity contribution is -0.132. The standard InChI is InChI=1S/C23H26N2O5/c1-28-16-9-10-17(21(14-16)29-2)18-7-5-12-24(18)22(26)11-13-25-19-6-3-4-8-20(19)30-15-23(25)27/h3-4,6,8-10,14,18H,5,7,11-13,15H2,1-2H3. The van der Waals surface area contributed by atoms with E-state index in [4.69, 9.17) is 14.2 Å². The van der Waals surface area contributed by atoms with E-state index in [0.717, 1.165) is 35.6 Å². The summed E-state index contributed by atoms with van der Waals surface area (Å²) >= 11 is 0. The lowest BCUT2D eigenvalue weighted by Crippen LogP contribution is -2.41. The molecule has 2 aromatic rings. The number of carbonyl (C=O) groups is 2. The molecule has 1 atom stereocenters. The van der Waals surface area contributed by atoms with E-state index >= 15 is 0 Å². The number of rotatable bonds is 6. The Morgan fingerprint density at radius 3 is 2.80 bits per heavy atom. The van der Waals surface area contributed by atoms with Crippen molar-refractivity contribution in [1.82, 2.24) is 4.90 Å². The topological polar surface area (TPSA) is 68.3 Å². The van der Waals surface area contributed by atoms with Crippen LogP contribution in [0.4, 0.5) is 5.69 Å². The second-order valence-corrected chi connectivity index (χ2v) is 7.40. The third-order valence-electron chi connectivity index (χ3n) is 5.73. The van der Waals surface area contributed by atoms with Gasteiger partial charge in [0.05, 0.1) is 25.9 Å². The Morgan fingerprint density at radius 1 is 1.17 bits per heavy atom. The van der Waals surface area contributed by atoms with Gasteiger partial charge in [-0.1, -0.05) is 12.1 Å². The zero-order chi connectivity index (χ0) is 21.1. The molecule has 0 bridgehead atoms. The van der Waals surface area contributed by atoms with Gasteiger partial charge < -0.3 is 24.0 Å². The first kappa shape index (κ1) is 20.1. The second kappa shape index (κ2) is 8.65. The molecule has 1 saturated heterocycles. The number of methoxy groups -OCH3 is 2. The number of fused-ring (bicyclic) bond motifs is 1. The monoisotopic (exact) mass is 410 g/mol. The highest BCUT2D eigenvalue weighted by atomic mass is 16.5. The minimum absolute atomic E-state index is 0.000586. The maximum atomic E-state index is 13.1. The molecule has 0 aromatic heterocycles. The molecule has 4 rings (SSSR count). The third-order valence-corrected chi connectivity index (χ3v) is 5.73. The molecule has 7 nitrogen and oxygen atoms in total. The number of ether oxygens (including phenoxy) is 3. The number of hydrogen-bond donors (Lipinski definition) is 0. The van der Waals surface area contributed by atoms with Crippen LogP contribution in [0.5, 0.6) is 17.2 Å². The lowest BCUT2D eigenvalue weighted by Gasteiger charge is -2.31. The molecule has 2 aliphatic heterocycles. The molecule has 0 aliphatic carbocycles. The molecular weight excluding hydrogens is 384 g/mol. The van der Waals surface area contributed by atoms with Gasteiger partial charge in [0.2, 0.25) is 5.91 Å². The highest BCUT2D eigenvalue weighted by Crippen LogP contribution is 2.39. The minimum Gasteiger partial charge on any atom is -0.497 e. The maximum Gasteiger partial charge on any atom is 0.265 e. The van der Waals surface area contributed by atoms with Gasteiger partial charge >= 0.3 is 0 Å². The second-order valence-electron chi connectivity index (χ2n) is 7.40. The quantitative estimate of drug-likeness (QED) is 0.732. The summed E-state index contributed by atoms with van der Waals surface area (Å²) in [4.78, 5) is 29.0. The van der Waals surface area contributed by atoms with Gasteiger partial charge in [-0.05, 0) is 37.1 Å². The van der Waals surface area contributed by atoms with Crippen molar-refractivity contribution in [2.45, 2.75) is 25.3 Å². The SMILES string of the molecule is COc1ccc(C2CCCN2C(=O)CCN2C(=O)COc3ccccc32)c(OC)c1. The van der Waals surface area contributed by atoms with Crippen molar-refractivity contribution in [3.63, 3.8) is 0 Å². The van der Waals surface area contributed by atoms with Crippen LogP contribution < -0.4 is 19.1 Å². The lowest BCUT2D eigenvalue weighted by atomic mass is 10.0. The van der Waals surface area contributed by atoms with Crippen LogP contribution in [0.25, 0.3) is 0 Å². The predicted octanol–water partition coefficient (Wildman–Crippen LogP) is 3.18. The van der Waals surface area contributed by atoms with E-state index in [-0.39, 0.29) is 30.9 Å². The number of likely N-dealkylation sites (tertiary alicyclic amines) is 1. The van der Waals surface area contributed by atoms with Gasteiger partial charge in [-0.15, -0.1) is 0 Å². The summed E-state index contributed by atoms with van der Waals surface area (Å²) in [6.45, 7) is 1.04. The summed E-state index contributed by atoms with van der Waals surface area (Å²) < 4.78 is 16.3. The molecule has 0 saturated carbocycles. The molecule has 0 N–H and O–H groups in total. The average molecular weight is 410 g/mol. The van der Waals surface area contributed by atoms with Crippen LogP contribution in [-0.2, 0) is 9.59 Å². The zero-order valence-corrected chi connectivity index (χ0v) is 17.3. The molecule has 1 unspecified atom stereocenters. The molecule has 2 heterocycles. The fourth-order valence-electron chi connectivity index (χ4n) is 4.23. The Labute approximate surface area is 176 Å². The molecule has 0 spiro atoms. The van der Waals surface area contributed by atoms with Crippen molar-refractivity contribution in [3.05, 3.63) is 48.0 Å². The van der Waals surface area contributed by atoms with Crippen LogP contribution in [0.2, 0.25) is 0 Å². The molecule has 1 fully saturated rings. The van der Waals surface area contributed by atoms with E-state index in [9.17, 15) is 9.59 Å². The van der Waals surface area contributed by atoms with Crippen LogP contribution in [0.3, 0.4) is 0 Å². The summed E-state index contributed by atoms with van der Waals surface area (Å²) in [6.07, 6.45) is 2.08. The molecule has 7 heteroatoms. The molecule has 0 radical (unpaired) electrons. The summed E-state index contributed by atoms with van der Waals surface area (Å²) in [5, 5.41) is 0. The van der Waals surface area contributed by atoms with Gasteiger partial charge in [0.25, 0.3) is 5.91 Å². The molecule has 2 aromatic carbocycles. The molecular formula is C23H26N2O5. The number of benzene rings is 2. The van der Waals surface area contributed by atoms with Crippen molar-refractivity contribution in [2.24, 2.45) is 0 Å². The summed E-state index contributed by atoms with van der Waals surface area (Å²) in [5.41, 5.74) is 1.70. The van der Waals surface area contributed by atoms with Crippen molar-refractivity contribution in [1.29, 1.82) is 0 Å². The van der Waals surface area contributed by atoms with Gasteiger partial charge in [-0.2, -0.15) is 0 Å². The maximum absolute atomic E-state index is 13.1. The van der Waals surface area contributed by atoms with Crippen molar-refractivity contribution < 1.29 is 23.8 Å². The van der Waals surface area contributed by atoms with Gasteiger partial charge in [-0.25, -0.2) is 0 Å². The fraction of sp³-hybridized carbons (Fsp3) is 0.391. The van der Waals surface area contributed by atoms with E-state index in [1.807, 2.05) is 47.4 Å². The first-order chi connectivity index (χ1) is 14.6. The van der Waals surface area contributed by atoms with Crippen molar-refractivity contribution in [3.8, 4) is 17.2 Å². The predicted molar refractivity (Wildman–Crippen MR) is 112 cm³/mol. The summed E-state index contributed by atoms with van der Waals surface area (Å²) in [7, 11) is 3.24. The Kier molecular flexibility index (Phi) is 5.79. The smallest absolute Gasteiger partial charge is 0.265 e. The van der Waals surface area contributed by atoms with Gasteiger partial charge in [0.1, 0.15) is 17.2 Å². The third kappa shape index (κ3) is 3.79. The summed E-state index contributed by atoms with van der Waals surface area (Å²) in [6, 6.07) is 13.1. The Bertz CT molecular complexity index is 945. The Morgan fingerprint density at radius 2 is 2.00 bits per heavy atom. The number of nitrogens with zero attached hydrogens (tertiary/aromatic N) is 2. The van der Waals surface area contributed by atoms with Gasteiger partial charge in [0.15, 0.2) is 6.61 Å². The van der Waals surface area contributed by atoms with E-state index < -0.39 is 0 Å². The van der Waals surface area contributed by atoms with Crippen LogP contribution >= 0.6 is 0 Å². The Balaban J connectivity index is 1.48. The normalized spacial score (nSPS) is 18.1. The van der Waals surface area contributed by atoms with E-state index in [0.29, 0.717) is 18.8 Å². The highest BCUT2D eigenvalue weighted by molar-refractivity contribution is 5.98. The first-order valence-electron chi connectivity index (χ1n) is 10.2. The van der Waals surface area contributed by atoms with Crippen molar-refractivity contribution in [2.75, 3.05) is 38.8 Å². The molecule has 2 amide bonds. The van der Waals surface area contributed by atoms with Crippen LogP contribution in [0, 0.1) is 0 Å². The van der Waals surface area contributed by atoms with E-state index in [2.05, 4.69) is 0 Å². The zero-order valence-electron chi connectivity index (χ0n) is 17.3. The number of para-hydroxylation sites is 2. The van der Waals surface area contributed by atoms with Crippen LogP contribution in [0.15, 0.2) is 42.5 Å². The first-order valence-corrected chi connectivity index (χ1v) is 10.2. The number of anilines is 1. The summed E-state index contributed by atoms with van der Waals surface area (Å²) in [5.74, 6) is 2.02. The average Bonchev–Trinajstić information content (AvgIpc) is 3.27. The van der Waals surface area contributed by atoms with Gasteiger partial charge in [-0.3, -0.25) is 9.59 Å². The largest absolute Gasteiger partial charge is 0.497 e. The van der Waals surface area contributed by atoms with Crippen molar-refractivity contribution >= 4 is 17.5 Å². The fourth-order valence-corrected chi connectivity index (χ4v) is 4.23. The number of amides is 2. The molecule has 30 heavy (non-hydrogen) atoms. The number of hydrogen-bond acceptors (Lipinski definition) is 5. The highest BCUT2D eigenvalue weighted by Gasteiger charge is 2.33. The number of carbonyl (C=O) groups excluding carboxylic acids is 2. The Hall–Kier alpha value is -3.22. The van der Waals surface area contributed by atoms with E-state index in [1.165, 1.54) is 0 Å². The van der Waals surface area contributed by atoms with Crippen LogP contribution in [0.1, 0.15) is 30.9 Å². The molecule has 2 aliphatic rings.